The molecule has 1 saturated heterocycles. The predicted molar refractivity (Wildman–Crippen MR) is 102 cm³/mol. The third-order valence-electron chi connectivity index (χ3n) is 3.77. The van der Waals surface area contributed by atoms with Crippen molar-refractivity contribution < 1.29 is 19.1 Å². The number of para-hydroxylation sites is 1. The van der Waals surface area contributed by atoms with Crippen LogP contribution in [0.2, 0.25) is 5.02 Å². The molecule has 7 heteroatoms. The molecule has 1 heterocycles. The normalized spacial score (nSPS) is 14.9. The summed E-state index contributed by atoms with van der Waals surface area (Å²) in [5.74, 6) is 1.97. The average molecular weight is 383 g/mol. The Hall–Kier alpha value is -3.43. The molecule has 2 aromatic rings. The zero-order valence-corrected chi connectivity index (χ0v) is 15.1. The monoisotopic (exact) mass is 382 g/mol. The number of rotatable bonds is 5. The van der Waals surface area contributed by atoms with Gasteiger partial charge in [0, 0.05) is 16.7 Å². The van der Waals surface area contributed by atoms with Crippen LogP contribution in [0.3, 0.4) is 0 Å². The molecule has 3 rings (SSSR count). The number of hydrogen-bond acceptors (Lipinski definition) is 4. The zero-order chi connectivity index (χ0) is 19.4. The number of methoxy groups -OCH3 is 1. The summed E-state index contributed by atoms with van der Waals surface area (Å²) in [5, 5.41) is 1.54. The Morgan fingerprint density at radius 3 is 2.67 bits per heavy atom. The van der Waals surface area contributed by atoms with Gasteiger partial charge in [-0.25, -0.2) is 5.01 Å². The summed E-state index contributed by atoms with van der Waals surface area (Å²) in [6.07, 6.45) is 6.66. The van der Waals surface area contributed by atoms with Crippen LogP contribution in [-0.4, -0.2) is 25.5 Å². The molecule has 0 bridgehead atoms. The maximum absolute atomic E-state index is 12.7. The lowest BCUT2D eigenvalue weighted by molar-refractivity contribution is -0.117. The molecule has 1 fully saturated rings. The van der Waals surface area contributed by atoms with E-state index in [1.165, 1.54) is 18.2 Å². The molecule has 0 atom stereocenters. The maximum atomic E-state index is 12.7. The number of hydrogen-bond donors (Lipinski definition) is 1. The van der Waals surface area contributed by atoms with Crippen molar-refractivity contribution in [3.8, 4) is 23.8 Å². The molecule has 6 nitrogen and oxygen atoms in total. The number of ether oxygens (including phenoxy) is 2. The van der Waals surface area contributed by atoms with Gasteiger partial charge >= 0.3 is 0 Å². The number of nitrogens with one attached hydrogen (secondary N) is 1. The molecule has 0 aromatic heterocycles. The molecule has 27 heavy (non-hydrogen) atoms. The first kappa shape index (κ1) is 18.4. The van der Waals surface area contributed by atoms with Crippen molar-refractivity contribution in [2.45, 2.75) is 0 Å². The highest BCUT2D eigenvalue weighted by atomic mass is 35.5. The number of benzene rings is 2. The van der Waals surface area contributed by atoms with Gasteiger partial charge in [0.25, 0.3) is 11.8 Å². The minimum atomic E-state index is -0.536. The molecule has 2 aromatic carbocycles. The molecule has 0 aliphatic carbocycles. The Morgan fingerprint density at radius 1 is 1.26 bits per heavy atom. The van der Waals surface area contributed by atoms with Crippen molar-refractivity contribution in [1.82, 2.24) is 5.43 Å². The first-order chi connectivity index (χ1) is 13.0. The summed E-state index contributed by atoms with van der Waals surface area (Å²) in [6.45, 7) is -0.00948. The van der Waals surface area contributed by atoms with Crippen LogP contribution in [0.15, 0.2) is 48.0 Å². The Balaban J connectivity index is 2.03. The van der Waals surface area contributed by atoms with Gasteiger partial charge in [0.2, 0.25) is 0 Å². The molecule has 1 aliphatic rings. The molecule has 2 amide bonds. The van der Waals surface area contributed by atoms with E-state index in [9.17, 15) is 9.59 Å². The van der Waals surface area contributed by atoms with E-state index in [4.69, 9.17) is 27.5 Å². The molecular weight excluding hydrogens is 368 g/mol. The van der Waals surface area contributed by atoms with E-state index in [2.05, 4.69) is 11.3 Å². The van der Waals surface area contributed by atoms with Crippen LogP contribution in [0.4, 0.5) is 5.69 Å². The molecule has 1 aliphatic heterocycles. The van der Waals surface area contributed by atoms with E-state index in [1.54, 1.807) is 36.4 Å². The average Bonchev–Trinajstić information content (AvgIpc) is 2.95. The third-order valence-corrected chi connectivity index (χ3v) is 3.99. The Kier molecular flexibility index (Phi) is 5.34. The van der Waals surface area contributed by atoms with Crippen LogP contribution >= 0.6 is 11.6 Å². The quantitative estimate of drug-likeness (QED) is 0.490. The number of carbonyl (C=O) groups is 2. The van der Waals surface area contributed by atoms with E-state index in [1.807, 2.05) is 6.07 Å². The molecular formula is C20H15ClN2O4. The third kappa shape index (κ3) is 3.73. The largest absolute Gasteiger partial charge is 0.493 e. The highest BCUT2D eigenvalue weighted by molar-refractivity contribution is 6.32. The van der Waals surface area contributed by atoms with Gasteiger partial charge in [0.15, 0.2) is 11.5 Å². The summed E-state index contributed by atoms with van der Waals surface area (Å²) < 4.78 is 10.8. The van der Waals surface area contributed by atoms with Crippen molar-refractivity contribution in [3.05, 3.63) is 58.6 Å². The smallest absolute Gasteiger partial charge is 0.282 e. The number of nitrogens with zero attached hydrogens (tertiary/aromatic N) is 1. The van der Waals surface area contributed by atoms with Crippen molar-refractivity contribution in [2.75, 3.05) is 18.7 Å². The standard InChI is InChI=1S/C20H15ClN2O4/c1-3-9-27-18-13(10-14(21)12-17(18)26-2)11-16-19(24)22-23(20(16)25)15-7-5-4-6-8-15/h1,4-8,10-12H,9H2,2H3,(H,22,24)/b16-11+. The van der Waals surface area contributed by atoms with E-state index < -0.39 is 11.8 Å². The second kappa shape index (κ2) is 7.85. The van der Waals surface area contributed by atoms with E-state index in [0.29, 0.717) is 27.8 Å². The van der Waals surface area contributed by atoms with E-state index in [-0.39, 0.29) is 12.2 Å². The summed E-state index contributed by atoms with van der Waals surface area (Å²) in [5.41, 5.74) is 3.43. The minimum absolute atomic E-state index is 0.00948. The lowest BCUT2D eigenvalue weighted by Gasteiger charge is -2.14. The van der Waals surface area contributed by atoms with E-state index in [0.717, 1.165) is 0 Å². The first-order valence-electron chi connectivity index (χ1n) is 7.91. The summed E-state index contributed by atoms with van der Waals surface area (Å²) in [6, 6.07) is 11.9. The van der Waals surface area contributed by atoms with Crippen molar-refractivity contribution in [3.63, 3.8) is 0 Å². The van der Waals surface area contributed by atoms with Gasteiger partial charge in [0.05, 0.1) is 12.8 Å². The summed E-state index contributed by atoms with van der Waals surface area (Å²) >= 11 is 6.12. The molecule has 1 N–H and O–H groups in total. The Morgan fingerprint density at radius 2 is 2.00 bits per heavy atom. The van der Waals surface area contributed by atoms with Crippen molar-refractivity contribution in [2.24, 2.45) is 0 Å². The number of terminal acetylenes is 1. The van der Waals surface area contributed by atoms with Crippen molar-refractivity contribution >= 4 is 35.2 Å². The van der Waals surface area contributed by atoms with Crippen molar-refractivity contribution in [1.29, 1.82) is 0 Å². The summed E-state index contributed by atoms with van der Waals surface area (Å²) in [4.78, 5) is 25.1. The van der Waals surface area contributed by atoms with Gasteiger partial charge in [0.1, 0.15) is 12.2 Å². The van der Waals surface area contributed by atoms with Gasteiger partial charge in [-0.1, -0.05) is 35.7 Å². The summed E-state index contributed by atoms with van der Waals surface area (Å²) in [7, 11) is 1.45. The van der Waals surface area contributed by atoms with Crippen LogP contribution in [0.1, 0.15) is 5.56 Å². The fourth-order valence-electron chi connectivity index (χ4n) is 2.59. The number of amides is 2. The molecule has 0 spiro atoms. The first-order valence-corrected chi connectivity index (χ1v) is 8.29. The topological polar surface area (TPSA) is 67.9 Å². The number of hydrazine groups is 1. The molecule has 0 radical (unpaired) electrons. The molecule has 136 valence electrons. The lowest BCUT2D eigenvalue weighted by atomic mass is 10.1. The second-order valence-corrected chi connectivity index (χ2v) is 5.93. The van der Waals surface area contributed by atoms with Gasteiger partial charge < -0.3 is 9.47 Å². The fraction of sp³-hybridized carbons (Fsp3) is 0.100. The van der Waals surface area contributed by atoms with Crippen LogP contribution in [0.25, 0.3) is 6.08 Å². The molecule has 0 saturated carbocycles. The van der Waals surface area contributed by atoms with Gasteiger partial charge in [-0.3, -0.25) is 15.0 Å². The lowest BCUT2D eigenvalue weighted by Crippen LogP contribution is -2.35. The van der Waals surface area contributed by atoms with Crippen LogP contribution < -0.4 is 19.9 Å². The second-order valence-electron chi connectivity index (χ2n) is 5.49. The highest BCUT2D eigenvalue weighted by Crippen LogP contribution is 2.36. The zero-order valence-electron chi connectivity index (χ0n) is 14.4. The van der Waals surface area contributed by atoms with Crippen LogP contribution in [0, 0.1) is 12.3 Å². The van der Waals surface area contributed by atoms with Gasteiger partial charge in [-0.2, -0.15) is 0 Å². The van der Waals surface area contributed by atoms with E-state index >= 15 is 0 Å². The van der Waals surface area contributed by atoms with Gasteiger partial charge in [-0.05, 0) is 24.3 Å². The minimum Gasteiger partial charge on any atom is -0.493 e. The van der Waals surface area contributed by atoms with Crippen LogP contribution in [0.5, 0.6) is 11.5 Å². The number of carbonyl (C=O) groups excluding carboxylic acids is 2. The number of halogens is 1. The van der Waals surface area contributed by atoms with Crippen LogP contribution in [-0.2, 0) is 9.59 Å². The highest BCUT2D eigenvalue weighted by Gasteiger charge is 2.34. The Labute approximate surface area is 161 Å². The SMILES string of the molecule is C#CCOc1c(/C=C2\C(=O)NN(c3ccccc3)C2=O)cc(Cl)cc1OC. The van der Waals surface area contributed by atoms with Gasteiger partial charge in [-0.15, -0.1) is 6.42 Å². The number of anilines is 1. The fourth-order valence-corrected chi connectivity index (χ4v) is 2.80. The predicted octanol–water partition coefficient (Wildman–Crippen LogP) is 2.82. The molecule has 0 unspecified atom stereocenters. The maximum Gasteiger partial charge on any atom is 0.282 e. The Bertz CT molecular complexity index is 964.